The molecule has 0 aromatic carbocycles. The number of carbonyl (C=O) groups excluding carboxylic acids is 1. The van der Waals surface area contributed by atoms with Crippen LogP contribution in [0.1, 0.15) is 35.4 Å². The van der Waals surface area contributed by atoms with Crippen molar-refractivity contribution in [3.05, 3.63) is 20.8 Å². The lowest BCUT2D eigenvalue weighted by molar-refractivity contribution is 0.0933. The van der Waals surface area contributed by atoms with Gasteiger partial charge in [0.25, 0.3) is 5.91 Å². The van der Waals surface area contributed by atoms with Gasteiger partial charge in [-0.25, -0.2) is 0 Å². The van der Waals surface area contributed by atoms with Crippen molar-refractivity contribution >= 4 is 44.9 Å². The molecular formula is C12H16BrNOS2. The van der Waals surface area contributed by atoms with E-state index < -0.39 is 0 Å². The highest BCUT2D eigenvalue weighted by molar-refractivity contribution is 9.10. The first-order chi connectivity index (χ1) is 8.22. The maximum atomic E-state index is 12.1. The molecule has 2 rings (SSSR count). The number of nitrogens with one attached hydrogen (secondary N) is 1. The highest BCUT2D eigenvalue weighted by Gasteiger charge is 2.26. The fraction of sp³-hybridized carbons (Fsp3) is 0.583. The van der Waals surface area contributed by atoms with Gasteiger partial charge in [0.05, 0.1) is 0 Å². The van der Waals surface area contributed by atoms with Crippen LogP contribution in [0.25, 0.3) is 0 Å². The van der Waals surface area contributed by atoms with Crippen LogP contribution >= 0.6 is 39.0 Å². The second-order valence-electron chi connectivity index (χ2n) is 4.24. The van der Waals surface area contributed by atoms with E-state index in [2.05, 4.69) is 27.5 Å². The molecule has 0 aliphatic heterocycles. The Morgan fingerprint density at radius 3 is 2.94 bits per heavy atom. The third-order valence-electron chi connectivity index (χ3n) is 3.15. The van der Waals surface area contributed by atoms with E-state index >= 15 is 0 Å². The Morgan fingerprint density at radius 1 is 1.53 bits per heavy atom. The van der Waals surface area contributed by atoms with Gasteiger partial charge in [0.15, 0.2) is 0 Å². The highest BCUT2D eigenvalue weighted by Crippen LogP contribution is 2.28. The highest BCUT2D eigenvalue weighted by atomic mass is 79.9. The van der Waals surface area contributed by atoms with Gasteiger partial charge >= 0.3 is 0 Å². The molecule has 1 amide bonds. The van der Waals surface area contributed by atoms with Crippen LogP contribution in [0.2, 0.25) is 0 Å². The Bertz CT molecular complexity index is 394. The molecule has 1 aromatic heterocycles. The molecule has 1 aliphatic carbocycles. The third-order valence-corrected chi connectivity index (χ3v) is 6.15. The summed E-state index contributed by atoms with van der Waals surface area (Å²) in [6.07, 6.45) is 6.99. The van der Waals surface area contributed by atoms with Crippen molar-refractivity contribution in [1.82, 2.24) is 5.32 Å². The summed E-state index contributed by atoms with van der Waals surface area (Å²) < 4.78 is 0.900. The first-order valence-electron chi connectivity index (χ1n) is 5.79. The number of hydrogen-bond acceptors (Lipinski definition) is 3. The zero-order valence-corrected chi connectivity index (χ0v) is 13.0. The minimum absolute atomic E-state index is 0.0674. The number of hydrogen-bond donors (Lipinski definition) is 1. The van der Waals surface area contributed by atoms with Gasteiger partial charge in [-0.2, -0.15) is 11.8 Å². The standard InChI is InChI=1S/C12H16BrNOS2/c1-16-10-5-3-2-4-9(10)14-12(15)11-8(13)6-7-17-11/h6-7,9-10H,2-5H2,1H3,(H,14,15). The van der Waals surface area contributed by atoms with Crippen LogP contribution in [0.3, 0.4) is 0 Å². The molecule has 1 heterocycles. The van der Waals surface area contributed by atoms with E-state index in [1.807, 2.05) is 23.2 Å². The molecule has 2 nitrogen and oxygen atoms in total. The third kappa shape index (κ3) is 3.26. The predicted octanol–water partition coefficient (Wildman–Crippen LogP) is 3.91. The summed E-state index contributed by atoms with van der Waals surface area (Å²) in [4.78, 5) is 12.9. The average molecular weight is 334 g/mol. The average Bonchev–Trinajstić information content (AvgIpc) is 2.76. The quantitative estimate of drug-likeness (QED) is 0.908. The molecule has 2 atom stereocenters. The SMILES string of the molecule is CSC1CCCCC1NC(=O)c1sccc1Br. The van der Waals surface area contributed by atoms with Crippen LogP contribution < -0.4 is 5.32 Å². The van der Waals surface area contributed by atoms with E-state index in [9.17, 15) is 4.79 Å². The fourth-order valence-corrected chi connectivity index (χ4v) is 4.62. The van der Waals surface area contributed by atoms with Crippen LogP contribution in [0.15, 0.2) is 15.9 Å². The molecule has 94 valence electrons. The summed E-state index contributed by atoms with van der Waals surface area (Å²) in [6, 6.07) is 2.26. The van der Waals surface area contributed by atoms with Crippen LogP contribution in [-0.4, -0.2) is 23.5 Å². The smallest absolute Gasteiger partial charge is 0.262 e. The normalized spacial score (nSPS) is 24.6. The molecule has 0 bridgehead atoms. The molecule has 0 spiro atoms. The molecule has 1 saturated carbocycles. The molecule has 5 heteroatoms. The van der Waals surface area contributed by atoms with Gasteiger partial charge in [-0.15, -0.1) is 11.3 Å². The second kappa shape index (κ2) is 6.25. The van der Waals surface area contributed by atoms with E-state index in [0.29, 0.717) is 11.3 Å². The molecule has 1 N–H and O–H groups in total. The lowest BCUT2D eigenvalue weighted by Crippen LogP contribution is -2.43. The number of thiophene rings is 1. The summed E-state index contributed by atoms with van der Waals surface area (Å²) in [7, 11) is 0. The number of halogens is 1. The number of rotatable bonds is 3. The van der Waals surface area contributed by atoms with Crippen molar-refractivity contribution in [1.29, 1.82) is 0 Å². The largest absolute Gasteiger partial charge is 0.347 e. The Balaban J connectivity index is 2.00. The molecule has 2 unspecified atom stereocenters. The summed E-state index contributed by atoms with van der Waals surface area (Å²) in [6.45, 7) is 0. The monoisotopic (exact) mass is 333 g/mol. The zero-order valence-electron chi connectivity index (χ0n) is 9.74. The Labute approximate surface area is 119 Å². The maximum Gasteiger partial charge on any atom is 0.262 e. The second-order valence-corrected chi connectivity index (χ2v) is 7.08. The van der Waals surface area contributed by atoms with Gasteiger partial charge in [0, 0.05) is 15.8 Å². The lowest BCUT2D eigenvalue weighted by Gasteiger charge is -2.30. The molecule has 17 heavy (non-hydrogen) atoms. The van der Waals surface area contributed by atoms with Crippen molar-refractivity contribution in [2.24, 2.45) is 0 Å². The van der Waals surface area contributed by atoms with Gasteiger partial charge in [0.1, 0.15) is 4.88 Å². The van der Waals surface area contributed by atoms with E-state index in [4.69, 9.17) is 0 Å². The van der Waals surface area contributed by atoms with Crippen molar-refractivity contribution in [2.45, 2.75) is 37.0 Å². The number of amides is 1. The summed E-state index contributed by atoms with van der Waals surface area (Å²) in [5, 5.41) is 5.70. The van der Waals surface area contributed by atoms with Gasteiger partial charge < -0.3 is 5.32 Å². The lowest BCUT2D eigenvalue weighted by atomic mass is 9.95. The molecule has 1 fully saturated rings. The molecule has 1 aromatic rings. The van der Waals surface area contributed by atoms with Crippen LogP contribution in [0, 0.1) is 0 Å². The summed E-state index contributed by atoms with van der Waals surface area (Å²) in [5.41, 5.74) is 0. The van der Waals surface area contributed by atoms with E-state index in [1.54, 1.807) is 0 Å². The molecule has 0 radical (unpaired) electrons. The first-order valence-corrected chi connectivity index (χ1v) is 8.75. The van der Waals surface area contributed by atoms with Gasteiger partial charge in [0.2, 0.25) is 0 Å². The molecule has 1 aliphatic rings. The molecular weight excluding hydrogens is 318 g/mol. The predicted molar refractivity (Wildman–Crippen MR) is 79.0 cm³/mol. The van der Waals surface area contributed by atoms with Crippen molar-refractivity contribution in [3.63, 3.8) is 0 Å². The fourth-order valence-electron chi connectivity index (χ4n) is 2.23. The van der Waals surface area contributed by atoms with E-state index in [1.165, 1.54) is 30.6 Å². The van der Waals surface area contributed by atoms with Crippen LogP contribution in [0.5, 0.6) is 0 Å². The van der Waals surface area contributed by atoms with Crippen molar-refractivity contribution in [3.8, 4) is 0 Å². The van der Waals surface area contributed by atoms with Crippen LogP contribution in [-0.2, 0) is 0 Å². The topological polar surface area (TPSA) is 29.1 Å². The van der Waals surface area contributed by atoms with Gasteiger partial charge in [-0.05, 0) is 46.5 Å². The Hall–Kier alpha value is -0.000000000000000111. The zero-order chi connectivity index (χ0) is 12.3. The molecule has 0 saturated heterocycles. The van der Waals surface area contributed by atoms with E-state index in [-0.39, 0.29) is 5.91 Å². The summed E-state index contributed by atoms with van der Waals surface area (Å²) in [5.74, 6) is 0.0674. The van der Waals surface area contributed by atoms with E-state index in [0.717, 1.165) is 15.8 Å². The van der Waals surface area contributed by atoms with Crippen LogP contribution in [0.4, 0.5) is 0 Å². The minimum atomic E-state index is 0.0674. The number of carbonyl (C=O) groups is 1. The first kappa shape index (κ1) is 13.4. The maximum absolute atomic E-state index is 12.1. The number of thioether (sulfide) groups is 1. The van der Waals surface area contributed by atoms with Gasteiger partial charge in [-0.1, -0.05) is 12.8 Å². The van der Waals surface area contributed by atoms with Gasteiger partial charge in [-0.3, -0.25) is 4.79 Å². The Morgan fingerprint density at radius 2 is 2.29 bits per heavy atom. The Kier molecular flexibility index (Phi) is 4.94. The summed E-state index contributed by atoms with van der Waals surface area (Å²) >= 11 is 6.77. The minimum Gasteiger partial charge on any atom is -0.347 e. The van der Waals surface area contributed by atoms with Crippen molar-refractivity contribution < 1.29 is 4.79 Å². The van der Waals surface area contributed by atoms with Crippen molar-refractivity contribution in [2.75, 3.05) is 6.26 Å².